The number of benzene rings is 3. The minimum atomic E-state index is -3.96. The zero-order valence-corrected chi connectivity index (χ0v) is 19.5. The molecule has 1 unspecified atom stereocenters. The van der Waals surface area contributed by atoms with E-state index in [0.29, 0.717) is 32.1 Å². The van der Waals surface area contributed by atoms with Crippen molar-refractivity contribution in [2.45, 2.75) is 17.5 Å². The molecule has 6 nitrogen and oxygen atoms in total. The highest BCUT2D eigenvalue weighted by Gasteiger charge is 2.37. The third-order valence-electron chi connectivity index (χ3n) is 4.90. The van der Waals surface area contributed by atoms with Crippen LogP contribution in [0.1, 0.15) is 5.56 Å². The van der Waals surface area contributed by atoms with Crippen LogP contribution in [0.2, 0.25) is 15.1 Å². The quantitative estimate of drug-likeness (QED) is 0.528. The van der Waals surface area contributed by atoms with E-state index >= 15 is 0 Å². The zero-order valence-electron chi connectivity index (χ0n) is 16.5. The number of amides is 1. The molecule has 166 valence electrons. The average molecular weight is 512 g/mol. The maximum Gasteiger partial charge on any atom is 0.264 e. The summed E-state index contributed by atoms with van der Waals surface area (Å²) in [5.74, 6) is -0.178. The molecular formula is C22H17Cl3N2O4S. The number of rotatable bonds is 5. The van der Waals surface area contributed by atoms with Crippen LogP contribution >= 0.6 is 34.8 Å². The van der Waals surface area contributed by atoms with Crippen LogP contribution < -0.4 is 14.4 Å². The van der Waals surface area contributed by atoms with Crippen molar-refractivity contribution in [2.24, 2.45) is 0 Å². The minimum absolute atomic E-state index is 0.0608. The molecule has 0 radical (unpaired) electrons. The van der Waals surface area contributed by atoms with Crippen LogP contribution in [-0.2, 0) is 21.4 Å². The van der Waals surface area contributed by atoms with Crippen molar-refractivity contribution in [3.63, 3.8) is 0 Å². The Labute approximate surface area is 200 Å². The van der Waals surface area contributed by atoms with Gasteiger partial charge in [0.15, 0.2) is 6.10 Å². The summed E-state index contributed by atoms with van der Waals surface area (Å²) in [4.78, 5) is 12.9. The number of para-hydroxylation sites is 2. The molecular weight excluding hydrogens is 495 g/mol. The first-order chi connectivity index (χ1) is 15.3. The summed E-state index contributed by atoms with van der Waals surface area (Å²) >= 11 is 18.0. The minimum Gasteiger partial charge on any atom is -0.476 e. The number of anilines is 1. The first kappa shape index (κ1) is 22.7. The van der Waals surface area contributed by atoms with Gasteiger partial charge < -0.3 is 10.1 Å². The van der Waals surface area contributed by atoms with Crippen LogP contribution in [-0.4, -0.2) is 27.0 Å². The molecule has 4 rings (SSSR count). The highest BCUT2D eigenvalue weighted by Crippen LogP contribution is 2.37. The highest BCUT2D eigenvalue weighted by molar-refractivity contribution is 7.92. The van der Waals surface area contributed by atoms with Crippen LogP contribution in [0.3, 0.4) is 0 Å². The fourth-order valence-electron chi connectivity index (χ4n) is 3.26. The number of fused-ring (bicyclic) bond motifs is 1. The molecule has 32 heavy (non-hydrogen) atoms. The maximum absolute atomic E-state index is 13.4. The van der Waals surface area contributed by atoms with Gasteiger partial charge in [-0.2, -0.15) is 0 Å². The Kier molecular flexibility index (Phi) is 6.53. The maximum atomic E-state index is 13.4. The second-order valence-corrected chi connectivity index (χ2v) is 10.2. The number of sulfonamides is 1. The van der Waals surface area contributed by atoms with Crippen molar-refractivity contribution < 1.29 is 17.9 Å². The molecule has 0 spiro atoms. The largest absolute Gasteiger partial charge is 0.476 e. The molecule has 1 aliphatic rings. The van der Waals surface area contributed by atoms with E-state index in [1.165, 1.54) is 28.6 Å². The molecule has 0 bridgehead atoms. The second kappa shape index (κ2) is 9.19. The smallest absolute Gasteiger partial charge is 0.264 e. The Hall–Kier alpha value is -2.45. The third kappa shape index (κ3) is 4.66. The van der Waals surface area contributed by atoms with Gasteiger partial charge in [-0.3, -0.25) is 9.10 Å². The summed E-state index contributed by atoms with van der Waals surface area (Å²) in [5.41, 5.74) is 1.03. The molecule has 0 fully saturated rings. The van der Waals surface area contributed by atoms with Crippen LogP contribution in [0.5, 0.6) is 5.75 Å². The SMILES string of the molecule is O=C(NCc1ccc(Cl)cc1Cl)C1CN(S(=O)(=O)c2ccc(Cl)cc2)c2ccccc2O1. The normalized spacial score (nSPS) is 15.6. The van der Waals surface area contributed by atoms with Crippen molar-refractivity contribution >= 4 is 56.4 Å². The fraction of sp³-hybridized carbons (Fsp3) is 0.136. The van der Waals surface area contributed by atoms with E-state index < -0.39 is 22.0 Å². The van der Waals surface area contributed by atoms with Gasteiger partial charge in [-0.15, -0.1) is 0 Å². The number of hydrogen-bond donors (Lipinski definition) is 1. The molecule has 0 saturated carbocycles. The molecule has 0 saturated heterocycles. The summed E-state index contributed by atoms with van der Waals surface area (Å²) in [6.45, 7) is -0.0531. The Morgan fingerprint density at radius 2 is 1.69 bits per heavy atom. The van der Waals surface area contributed by atoms with Gasteiger partial charge in [0.25, 0.3) is 15.9 Å². The second-order valence-electron chi connectivity index (χ2n) is 7.02. The summed E-state index contributed by atoms with van der Waals surface area (Å²) in [7, 11) is -3.96. The monoisotopic (exact) mass is 510 g/mol. The zero-order chi connectivity index (χ0) is 22.9. The van der Waals surface area contributed by atoms with Gasteiger partial charge in [0, 0.05) is 21.6 Å². The van der Waals surface area contributed by atoms with Gasteiger partial charge in [0.2, 0.25) is 0 Å². The van der Waals surface area contributed by atoms with Crippen LogP contribution in [0.15, 0.2) is 71.6 Å². The molecule has 3 aromatic carbocycles. The van der Waals surface area contributed by atoms with Gasteiger partial charge >= 0.3 is 0 Å². The Morgan fingerprint density at radius 3 is 2.41 bits per heavy atom. The fourth-order valence-corrected chi connectivity index (χ4v) is 5.34. The lowest BCUT2D eigenvalue weighted by Crippen LogP contribution is -2.50. The standard InChI is InChI=1S/C22H17Cl3N2O4S/c23-15-7-9-17(10-8-15)32(29,30)27-13-21(31-20-4-2-1-3-19(20)27)22(28)26-12-14-5-6-16(24)11-18(14)25/h1-11,21H,12-13H2,(H,26,28). The van der Waals surface area contributed by atoms with E-state index in [1.54, 1.807) is 42.5 Å². The number of nitrogens with zero attached hydrogens (tertiary/aromatic N) is 1. The summed E-state index contributed by atoms with van der Waals surface area (Å²) in [6.07, 6.45) is -1.06. The van der Waals surface area contributed by atoms with Crippen molar-refractivity contribution in [3.8, 4) is 5.75 Å². The van der Waals surface area contributed by atoms with Crippen LogP contribution in [0.25, 0.3) is 0 Å². The van der Waals surface area contributed by atoms with Crippen molar-refractivity contribution in [1.29, 1.82) is 0 Å². The molecule has 10 heteroatoms. The first-order valence-corrected chi connectivity index (χ1v) is 12.1. The van der Waals surface area contributed by atoms with Gasteiger partial charge in [0.1, 0.15) is 5.75 Å². The number of halogens is 3. The van der Waals surface area contributed by atoms with Crippen molar-refractivity contribution in [3.05, 3.63) is 87.4 Å². The summed E-state index contributed by atoms with van der Waals surface area (Å²) in [6, 6.07) is 17.5. The topological polar surface area (TPSA) is 75.7 Å². The van der Waals surface area contributed by atoms with Crippen molar-refractivity contribution in [1.82, 2.24) is 5.32 Å². The molecule has 0 aromatic heterocycles. The number of carbonyl (C=O) groups is 1. The number of carbonyl (C=O) groups excluding carboxylic acids is 1. The van der Waals surface area contributed by atoms with E-state index in [2.05, 4.69) is 5.32 Å². The van der Waals surface area contributed by atoms with E-state index in [-0.39, 0.29) is 18.0 Å². The summed E-state index contributed by atoms with van der Waals surface area (Å²) < 4.78 is 33.7. The molecule has 1 atom stereocenters. The molecule has 1 amide bonds. The molecule has 3 aromatic rings. The van der Waals surface area contributed by atoms with Crippen LogP contribution in [0.4, 0.5) is 5.69 Å². The van der Waals surface area contributed by atoms with E-state index in [9.17, 15) is 13.2 Å². The molecule has 1 N–H and O–H groups in total. The summed E-state index contributed by atoms with van der Waals surface area (Å²) in [5, 5.41) is 4.07. The molecule has 1 aliphatic heterocycles. The Balaban J connectivity index is 1.59. The molecule has 0 aliphatic carbocycles. The highest BCUT2D eigenvalue weighted by atomic mass is 35.5. The third-order valence-corrected chi connectivity index (χ3v) is 7.53. The van der Waals surface area contributed by atoms with Crippen molar-refractivity contribution in [2.75, 3.05) is 10.8 Å². The Bertz CT molecular complexity index is 1270. The lowest BCUT2D eigenvalue weighted by Gasteiger charge is -2.34. The van der Waals surface area contributed by atoms with Crippen LogP contribution in [0, 0.1) is 0 Å². The van der Waals surface area contributed by atoms with Gasteiger partial charge in [-0.1, -0.05) is 53.0 Å². The number of nitrogens with one attached hydrogen (secondary N) is 1. The van der Waals surface area contributed by atoms with E-state index in [4.69, 9.17) is 39.5 Å². The molecule has 1 heterocycles. The lowest BCUT2D eigenvalue weighted by atomic mass is 10.2. The van der Waals surface area contributed by atoms with E-state index in [1.807, 2.05) is 0 Å². The average Bonchev–Trinajstić information content (AvgIpc) is 2.77. The number of ether oxygens (including phenoxy) is 1. The van der Waals surface area contributed by atoms with Gasteiger partial charge in [-0.25, -0.2) is 8.42 Å². The predicted octanol–water partition coefficient (Wildman–Crippen LogP) is 4.92. The Morgan fingerprint density at radius 1 is 1.00 bits per heavy atom. The van der Waals surface area contributed by atoms with E-state index in [0.717, 1.165) is 0 Å². The van der Waals surface area contributed by atoms with Gasteiger partial charge in [0.05, 0.1) is 17.1 Å². The number of hydrogen-bond acceptors (Lipinski definition) is 4. The first-order valence-electron chi connectivity index (χ1n) is 9.51. The van der Waals surface area contributed by atoms with Gasteiger partial charge in [-0.05, 0) is 54.1 Å². The predicted molar refractivity (Wildman–Crippen MR) is 125 cm³/mol. The lowest BCUT2D eigenvalue weighted by molar-refractivity contribution is -0.127.